The Morgan fingerprint density at radius 2 is 1.97 bits per heavy atom. The van der Waals surface area contributed by atoms with Crippen LogP contribution in [0.5, 0.6) is 0 Å². The second-order valence-electron chi connectivity index (χ2n) is 8.52. The van der Waals surface area contributed by atoms with Crippen LogP contribution in [0.25, 0.3) is 10.7 Å². The van der Waals surface area contributed by atoms with Gasteiger partial charge in [-0.25, -0.2) is 9.78 Å². The van der Waals surface area contributed by atoms with Gasteiger partial charge in [0.25, 0.3) is 5.91 Å². The number of ether oxygens (including phenoxy) is 1. The zero-order valence-electron chi connectivity index (χ0n) is 19.4. The molecule has 0 aliphatic carbocycles. The van der Waals surface area contributed by atoms with Crippen LogP contribution in [0.4, 0.5) is 4.79 Å². The number of nitrogens with one attached hydrogen (secondary N) is 1. The number of aromatic nitrogens is 3. The van der Waals surface area contributed by atoms with Crippen LogP contribution in [0.1, 0.15) is 48.1 Å². The second kappa shape index (κ2) is 11.0. The van der Waals surface area contributed by atoms with Crippen molar-refractivity contribution < 1.29 is 14.3 Å². The normalized spacial score (nSPS) is 11.2. The minimum atomic E-state index is -0.590. The summed E-state index contributed by atoms with van der Waals surface area (Å²) in [6.07, 6.45) is 5.31. The molecule has 0 unspecified atom stereocenters. The van der Waals surface area contributed by atoms with Gasteiger partial charge in [0.1, 0.15) is 15.5 Å². The third-order valence-corrected chi connectivity index (χ3v) is 5.70. The molecule has 0 radical (unpaired) electrons. The fourth-order valence-electron chi connectivity index (χ4n) is 3.03. The standard InChI is InChI=1S/C24H29N5O3S/c1-17-20(33-22(28-17)19-10-5-6-12-26-19)21(30)27-13-8-14-29(23(31)32-24(2,3)4)16-18-9-7-11-25-15-18/h5-7,9-12,15H,8,13-14,16H2,1-4H3,(H,27,30). The highest BCUT2D eigenvalue weighted by molar-refractivity contribution is 7.17. The Morgan fingerprint density at radius 3 is 2.64 bits per heavy atom. The first-order valence-electron chi connectivity index (χ1n) is 10.8. The summed E-state index contributed by atoms with van der Waals surface area (Å²) in [5.41, 5.74) is 1.74. The topological polar surface area (TPSA) is 97.3 Å². The first-order valence-corrected chi connectivity index (χ1v) is 11.6. The molecule has 8 nitrogen and oxygen atoms in total. The number of pyridine rings is 2. The smallest absolute Gasteiger partial charge is 0.410 e. The van der Waals surface area contributed by atoms with E-state index in [2.05, 4.69) is 20.3 Å². The molecular formula is C24H29N5O3S. The van der Waals surface area contributed by atoms with Crippen LogP contribution < -0.4 is 5.32 Å². The van der Waals surface area contributed by atoms with Gasteiger partial charge in [-0.2, -0.15) is 0 Å². The Balaban J connectivity index is 1.57. The van der Waals surface area contributed by atoms with E-state index in [9.17, 15) is 9.59 Å². The Bertz CT molecular complexity index is 1060. The number of carbonyl (C=O) groups excluding carboxylic acids is 2. The average Bonchev–Trinajstić information content (AvgIpc) is 3.17. The molecule has 3 aromatic heterocycles. The molecule has 0 bridgehead atoms. The Morgan fingerprint density at radius 1 is 1.15 bits per heavy atom. The quantitative estimate of drug-likeness (QED) is 0.491. The minimum absolute atomic E-state index is 0.178. The molecular weight excluding hydrogens is 438 g/mol. The monoisotopic (exact) mass is 467 g/mol. The minimum Gasteiger partial charge on any atom is -0.444 e. The van der Waals surface area contributed by atoms with E-state index in [4.69, 9.17) is 4.74 Å². The lowest BCUT2D eigenvalue weighted by Crippen LogP contribution is -2.38. The summed E-state index contributed by atoms with van der Waals surface area (Å²) in [6, 6.07) is 9.35. The molecule has 0 spiro atoms. The summed E-state index contributed by atoms with van der Waals surface area (Å²) < 4.78 is 5.55. The van der Waals surface area contributed by atoms with E-state index in [0.717, 1.165) is 11.3 Å². The predicted octanol–water partition coefficient (Wildman–Crippen LogP) is 4.47. The van der Waals surface area contributed by atoms with Crippen molar-refractivity contribution in [3.63, 3.8) is 0 Å². The van der Waals surface area contributed by atoms with Crippen molar-refractivity contribution in [2.24, 2.45) is 0 Å². The van der Waals surface area contributed by atoms with Crippen LogP contribution in [-0.4, -0.2) is 50.5 Å². The van der Waals surface area contributed by atoms with Gasteiger partial charge in [0.05, 0.1) is 17.9 Å². The van der Waals surface area contributed by atoms with Crippen molar-refractivity contribution in [2.45, 2.75) is 46.3 Å². The van der Waals surface area contributed by atoms with Gasteiger partial charge in [-0.15, -0.1) is 11.3 Å². The maximum Gasteiger partial charge on any atom is 0.410 e. The largest absolute Gasteiger partial charge is 0.444 e. The van der Waals surface area contributed by atoms with E-state index in [0.29, 0.717) is 41.6 Å². The highest BCUT2D eigenvalue weighted by Gasteiger charge is 2.22. The number of carbonyl (C=O) groups is 2. The number of thiazole rings is 1. The molecule has 0 aliphatic rings. The molecule has 33 heavy (non-hydrogen) atoms. The molecule has 1 N–H and O–H groups in total. The summed E-state index contributed by atoms with van der Waals surface area (Å²) >= 11 is 1.32. The van der Waals surface area contributed by atoms with Crippen molar-refractivity contribution in [3.8, 4) is 10.7 Å². The summed E-state index contributed by atoms with van der Waals surface area (Å²) in [5, 5.41) is 3.64. The fourth-order valence-corrected chi connectivity index (χ4v) is 3.99. The van der Waals surface area contributed by atoms with Gasteiger partial charge in [-0.05, 0) is 57.9 Å². The first kappa shape index (κ1) is 24.3. The van der Waals surface area contributed by atoms with Crippen LogP contribution in [0, 0.1) is 6.92 Å². The van der Waals surface area contributed by atoms with Crippen LogP contribution in [0.15, 0.2) is 48.9 Å². The highest BCUT2D eigenvalue weighted by Crippen LogP contribution is 2.26. The molecule has 174 valence electrons. The Kier molecular flexibility index (Phi) is 8.11. The van der Waals surface area contributed by atoms with Gasteiger partial charge in [0.2, 0.25) is 0 Å². The van der Waals surface area contributed by atoms with Crippen molar-refractivity contribution >= 4 is 23.3 Å². The van der Waals surface area contributed by atoms with E-state index in [1.165, 1.54) is 11.3 Å². The SMILES string of the molecule is Cc1nc(-c2ccccn2)sc1C(=O)NCCCN(Cc1cccnc1)C(=O)OC(C)(C)C. The number of amides is 2. The molecule has 0 saturated carbocycles. The average molecular weight is 468 g/mol. The lowest BCUT2D eigenvalue weighted by atomic mass is 10.2. The molecule has 3 heterocycles. The van der Waals surface area contributed by atoms with Gasteiger partial charge in [0.15, 0.2) is 0 Å². The number of hydrogen-bond acceptors (Lipinski definition) is 7. The lowest BCUT2D eigenvalue weighted by Gasteiger charge is -2.27. The molecule has 2 amide bonds. The van der Waals surface area contributed by atoms with Gasteiger partial charge in [-0.3, -0.25) is 14.8 Å². The summed E-state index contributed by atoms with van der Waals surface area (Å²) in [7, 11) is 0. The molecule has 0 fully saturated rings. The zero-order chi connectivity index (χ0) is 23.8. The van der Waals surface area contributed by atoms with Crippen molar-refractivity contribution in [3.05, 3.63) is 65.1 Å². The predicted molar refractivity (Wildman–Crippen MR) is 128 cm³/mol. The molecule has 3 aromatic rings. The molecule has 0 atom stereocenters. The van der Waals surface area contributed by atoms with Gasteiger partial charge < -0.3 is 15.0 Å². The second-order valence-corrected chi connectivity index (χ2v) is 9.52. The van der Waals surface area contributed by atoms with E-state index < -0.39 is 11.7 Å². The first-order chi connectivity index (χ1) is 15.7. The zero-order valence-corrected chi connectivity index (χ0v) is 20.2. The third-order valence-electron chi connectivity index (χ3n) is 4.53. The molecule has 0 aliphatic heterocycles. The van der Waals surface area contributed by atoms with Gasteiger partial charge in [0, 0.05) is 31.7 Å². The number of hydrogen-bond donors (Lipinski definition) is 1. The Hall–Kier alpha value is -3.33. The van der Waals surface area contributed by atoms with Crippen LogP contribution in [-0.2, 0) is 11.3 Å². The number of aryl methyl sites for hydroxylation is 1. The highest BCUT2D eigenvalue weighted by atomic mass is 32.1. The van der Waals surface area contributed by atoms with E-state index in [-0.39, 0.29) is 5.91 Å². The maximum atomic E-state index is 12.7. The molecule has 9 heteroatoms. The molecule has 0 saturated heterocycles. The Labute approximate surface area is 198 Å². The van der Waals surface area contributed by atoms with Crippen LogP contribution >= 0.6 is 11.3 Å². The van der Waals surface area contributed by atoms with Crippen molar-refractivity contribution in [1.82, 2.24) is 25.2 Å². The summed E-state index contributed by atoms with van der Waals surface area (Å²) in [5.74, 6) is -0.178. The molecule has 3 rings (SSSR count). The third kappa shape index (κ3) is 7.35. The molecule has 0 aromatic carbocycles. The fraction of sp³-hybridized carbons (Fsp3) is 0.375. The van der Waals surface area contributed by atoms with E-state index >= 15 is 0 Å². The number of nitrogens with zero attached hydrogens (tertiary/aromatic N) is 4. The van der Waals surface area contributed by atoms with Crippen molar-refractivity contribution in [1.29, 1.82) is 0 Å². The van der Waals surface area contributed by atoms with E-state index in [1.54, 1.807) is 23.5 Å². The summed E-state index contributed by atoms with van der Waals surface area (Å²) in [4.78, 5) is 40.5. The maximum absolute atomic E-state index is 12.7. The lowest BCUT2D eigenvalue weighted by molar-refractivity contribution is 0.0232. The van der Waals surface area contributed by atoms with Crippen molar-refractivity contribution in [2.75, 3.05) is 13.1 Å². The van der Waals surface area contributed by atoms with Crippen LogP contribution in [0.3, 0.4) is 0 Å². The summed E-state index contributed by atoms with van der Waals surface area (Å²) in [6.45, 7) is 8.57. The van der Waals surface area contributed by atoms with Gasteiger partial charge >= 0.3 is 6.09 Å². The number of rotatable bonds is 8. The van der Waals surface area contributed by atoms with Crippen LogP contribution in [0.2, 0.25) is 0 Å². The van der Waals surface area contributed by atoms with E-state index in [1.807, 2.05) is 58.0 Å². The van der Waals surface area contributed by atoms with Gasteiger partial charge in [-0.1, -0.05) is 12.1 Å².